The zero-order valence-corrected chi connectivity index (χ0v) is 9.93. The van der Waals surface area contributed by atoms with Gasteiger partial charge in [0.15, 0.2) is 0 Å². The van der Waals surface area contributed by atoms with Gasteiger partial charge < -0.3 is 4.90 Å². The smallest absolute Gasteiger partial charge is 0.0793 e. The molecule has 3 rings (SSSR count). The Balaban J connectivity index is 2.10. The molecule has 1 heterocycles. The lowest BCUT2D eigenvalue weighted by Gasteiger charge is -2.23. The van der Waals surface area contributed by atoms with Crippen molar-refractivity contribution in [2.24, 2.45) is 0 Å². The molecule has 0 N–H and O–H groups in total. The van der Waals surface area contributed by atoms with E-state index in [4.69, 9.17) is 0 Å². The van der Waals surface area contributed by atoms with Crippen LogP contribution in [0.15, 0.2) is 61.2 Å². The molecule has 1 nitrogen and oxygen atoms in total. The van der Waals surface area contributed by atoms with Crippen LogP contribution in [-0.2, 0) is 0 Å². The van der Waals surface area contributed by atoms with E-state index in [9.17, 15) is 0 Å². The number of nitrogens with zero attached hydrogens (tertiary/aromatic N) is 1. The maximum atomic E-state index is 4.26. The fourth-order valence-corrected chi connectivity index (χ4v) is 2.63. The van der Waals surface area contributed by atoms with Crippen LogP contribution < -0.4 is 4.90 Å². The second-order valence-electron chi connectivity index (χ2n) is 4.47. The van der Waals surface area contributed by atoms with Crippen LogP contribution in [-0.4, -0.2) is 7.05 Å². The molecule has 0 aliphatic carbocycles. The van der Waals surface area contributed by atoms with E-state index in [-0.39, 0.29) is 6.04 Å². The van der Waals surface area contributed by atoms with Crippen LogP contribution in [0.1, 0.15) is 17.2 Å². The highest BCUT2D eigenvalue weighted by Gasteiger charge is 2.30. The average Bonchev–Trinajstić information content (AvgIpc) is 2.64. The van der Waals surface area contributed by atoms with Gasteiger partial charge in [0.25, 0.3) is 0 Å². The van der Waals surface area contributed by atoms with Crippen LogP contribution in [0.25, 0.3) is 5.57 Å². The van der Waals surface area contributed by atoms with Gasteiger partial charge in [-0.25, -0.2) is 0 Å². The molecular weight excluding hydrogens is 206 g/mol. The summed E-state index contributed by atoms with van der Waals surface area (Å²) in [6, 6.07) is 19.3. The molecule has 1 heteroatoms. The first-order chi connectivity index (χ1) is 8.29. The zero-order chi connectivity index (χ0) is 11.8. The maximum absolute atomic E-state index is 4.26. The zero-order valence-electron chi connectivity index (χ0n) is 9.93. The summed E-state index contributed by atoms with van der Waals surface area (Å²) < 4.78 is 0. The van der Waals surface area contributed by atoms with E-state index in [0.717, 1.165) is 0 Å². The van der Waals surface area contributed by atoms with Crippen molar-refractivity contribution in [3.8, 4) is 0 Å². The number of para-hydroxylation sites is 1. The van der Waals surface area contributed by atoms with Crippen molar-refractivity contribution < 1.29 is 0 Å². The quantitative estimate of drug-likeness (QED) is 0.706. The Hall–Kier alpha value is -2.02. The lowest BCUT2D eigenvalue weighted by atomic mass is 9.98. The Morgan fingerprint density at radius 1 is 0.941 bits per heavy atom. The monoisotopic (exact) mass is 221 g/mol. The Labute approximate surface area is 102 Å². The summed E-state index contributed by atoms with van der Waals surface area (Å²) in [7, 11) is 2.13. The molecule has 0 aromatic heterocycles. The molecule has 1 aliphatic heterocycles. The molecule has 0 spiro atoms. The number of benzene rings is 2. The standard InChI is InChI=1S/C16H15N/c1-12-14-10-6-7-11-15(14)17(2)16(12)13-8-4-3-5-9-13/h3-11,16H,1H2,2H3. The molecule has 0 fully saturated rings. The summed E-state index contributed by atoms with van der Waals surface area (Å²) >= 11 is 0. The molecule has 2 aromatic carbocycles. The molecule has 1 atom stereocenters. The minimum absolute atomic E-state index is 0.272. The van der Waals surface area contributed by atoms with Gasteiger partial charge in [0.05, 0.1) is 6.04 Å². The number of hydrogen-bond donors (Lipinski definition) is 0. The Kier molecular flexibility index (Phi) is 2.25. The molecule has 1 unspecified atom stereocenters. The Morgan fingerprint density at radius 3 is 2.29 bits per heavy atom. The van der Waals surface area contributed by atoms with Crippen LogP contribution in [0.2, 0.25) is 0 Å². The molecule has 1 aliphatic rings. The minimum Gasteiger partial charge on any atom is -0.363 e. The molecule has 0 amide bonds. The van der Waals surface area contributed by atoms with Crippen LogP contribution in [0.3, 0.4) is 0 Å². The fourth-order valence-electron chi connectivity index (χ4n) is 2.63. The molecular formula is C16H15N. The molecule has 0 radical (unpaired) electrons. The normalized spacial score (nSPS) is 18.3. The predicted molar refractivity (Wildman–Crippen MR) is 73.1 cm³/mol. The summed E-state index contributed by atoms with van der Waals surface area (Å²) in [6.07, 6.45) is 0. The molecule has 17 heavy (non-hydrogen) atoms. The third kappa shape index (κ3) is 1.47. The van der Waals surface area contributed by atoms with Crippen LogP contribution in [0.5, 0.6) is 0 Å². The van der Waals surface area contributed by atoms with Crippen LogP contribution >= 0.6 is 0 Å². The van der Waals surface area contributed by atoms with Crippen molar-refractivity contribution in [3.63, 3.8) is 0 Å². The first kappa shape index (κ1) is 10.2. The van der Waals surface area contributed by atoms with Gasteiger partial charge in [-0.2, -0.15) is 0 Å². The third-order valence-corrected chi connectivity index (χ3v) is 3.46. The number of likely N-dealkylation sites (N-methyl/N-ethyl adjacent to an activating group) is 1. The summed E-state index contributed by atoms with van der Waals surface area (Å²) in [5, 5.41) is 0. The molecule has 0 saturated carbocycles. The SMILES string of the molecule is C=C1c2ccccc2N(C)C1c1ccccc1. The summed E-state index contributed by atoms with van der Waals surface area (Å²) in [5.74, 6) is 0. The third-order valence-electron chi connectivity index (χ3n) is 3.46. The largest absolute Gasteiger partial charge is 0.363 e. The molecule has 2 aromatic rings. The summed E-state index contributed by atoms with van der Waals surface area (Å²) in [6.45, 7) is 4.26. The van der Waals surface area contributed by atoms with Crippen molar-refractivity contribution in [2.75, 3.05) is 11.9 Å². The highest BCUT2D eigenvalue weighted by atomic mass is 15.2. The number of hydrogen-bond acceptors (Lipinski definition) is 1. The molecule has 84 valence electrons. The number of rotatable bonds is 1. The van der Waals surface area contributed by atoms with E-state index in [1.165, 1.54) is 22.4 Å². The maximum Gasteiger partial charge on any atom is 0.0793 e. The van der Waals surface area contributed by atoms with Crippen molar-refractivity contribution in [2.45, 2.75) is 6.04 Å². The van der Waals surface area contributed by atoms with E-state index in [1.807, 2.05) is 6.07 Å². The average molecular weight is 221 g/mol. The first-order valence-corrected chi connectivity index (χ1v) is 5.85. The summed E-state index contributed by atoms with van der Waals surface area (Å²) in [4.78, 5) is 2.30. The van der Waals surface area contributed by atoms with Crippen molar-refractivity contribution in [3.05, 3.63) is 72.3 Å². The highest BCUT2D eigenvalue weighted by Crippen LogP contribution is 2.46. The van der Waals surface area contributed by atoms with E-state index in [0.29, 0.717) is 0 Å². The van der Waals surface area contributed by atoms with Crippen LogP contribution in [0, 0.1) is 0 Å². The number of fused-ring (bicyclic) bond motifs is 1. The molecule has 0 saturated heterocycles. The highest BCUT2D eigenvalue weighted by molar-refractivity contribution is 5.87. The van der Waals surface area contributed by atoms with Gasteiger partial charge in [-0.05, 0) is 17.2 Å². The predicted octanol–water partition coefficient (Wildman–Crippen LogP) is 3.89. The van der Waals surface area contributed by atoms with Crippen molar-refractivity contribution in [1.29, 1.82) is 0 Å². The summed E-state index contributed by atoms with van der Waals surface area (Å²) in [5.41, 5.74) is 5.03. The second kappa shape index (κ2) is 3.77. The van der Waals surface area contributed by atoms with Gasteiger partial charge in [-0.1, -0.05) is 55.1 Å². The van der Waals surface area contributed by atoms with Gasteiger partial charge in [0.1, 0.15) is 0 Å². The van der Waals surface area contributed by atoms with Gasteiger partial charge in [0.2, 0.25) is 0 Å². The first-order valence-electron chi connectivity index (χ1n) is 5.85. The van der Waals surface area contributed by atoms with Crippen molar-refractivity contribution >= 4 is 11.3 Å². The van der Waals surface area contributed by atoms with E-state index < -0.39 is 0 Å². The van der Waals surface area contributed by atoms with E-state index in [2.05, 4.69) is 67.1 Å². The fraction of sp³-hybridized carbons (Fsp3) is 0.125. The lowest BCUT2D eigenvalue weighted by Crippen LogP contribution is -2.18. The van der Waals surface area contributed by atoms with Gasteiger partial charge in [-0.15, -0.1) is 0 Å². The van der Waals surface area contributed by atoms with Crippen molar-refractivity contribution in [1.82, 2.24) is 0 Å². The van der Waals surface area contributed by atoms with Gasteiger partial charge in [-0.3, -0.25) is 0 Å². The number of anilines is 1. The van der Waals surface area contributed by atoms with E-state index in [1.54, 1.807) is 0 Å². The Morgan fingerprint density at radius 2 is 1.59 bits per heavy atom. The Bertz CT molecular complexity index is 557. The lowest BCUT2D eigenvalue weighted by molar-refractivity contribution is 0.861. The van der Waals surface area contributed by atoms with E-state index >= 15 is 0 Å². The second-order valence-corrected chi connectivity index (χ2v) is 4.47. The minimum atomic E-state index is 0.272. The topological polar surface area (TPSA) is 3.24 Å². The van der Waals surface area contributed by atoms with Gasteiger partial charge in [0, 0.05) is 18.3 Å². The van der Waals surface area contributed by atoms with Crippen LogP contribution in [0.4, 0.5) is 5.69 Å². The molecule has 0 bridgehead atoms. The van der Waals surface area contributed by atoms with Gasteiger partial charge >= 0.3 is 0 Å².